The van der Waals surface area contributed by atoms with E-state index in [1.54, 1.807) is 24.4 Å². The third-order valence-corrected chi connectivity index (χ3v) is 4.84. The molecule has 2 N–H and O–H groups in total. The molecule has 4 nitrogen and oxygen atoms in total. The van der Waals surface area contributed by atoms with Crippen LogP contribution in [0, 0.1) is 11.7 Å². The first kappa shape index (κ1) is 17.3. The number of benzene rings is 1. The number of β-amino-alcohol motifs (C(OH)–C–C–N with tert-alkyl or cyclic N) is 1. The molecule has 1 saturated heterocycles. The lowest BCUT2D eigenvalue weighted by molar-refractivity contribution is 0.0907. The number of hydrogen-bond acceptors (Lipinski definition) is 4. The Bertz CT molecular complexity index is 671. The first-order valence-electron chi connectivity index (χ1n) is 8.76. The minimum absolute atomic E-state index is 0.249. The summed E-state index contributed by atoms with van der Waals surface area (Å²) in [6.45, 7) is 6.24. The van der Waals surface area contributed by atoms with Gasteiger partial charge in [0.2, 0.25) is 0 Å². The van der Waals surface area contributed by atoms with Gasteiger partial charge in [-0.1, -0.05) is 13.0 Å². The lowest BCUT2D eigenvalue weighted by atomic mass is 9.99. The first-order valence-corrected chi connectivity index (χ1v) is 8.76. The van der Waals surface area contributed by atoms with Crippen LogP contribution in [0.2, 0.25) is 0 Å². The van der Waals surface area contributed by atoms with Gasteiger partial charge in [-0.15, -0.1) is 0 Å². The molecule has 24 heavy (non-hydrogen) atoms. The summed E-state index contributed by atoms with van der Waals surface area (Å²) in [6.07, 6.45) is 3.72. The average Bonchev–Trinajstić information content (AvgIpc) is 2.59. The quantitative estimate of drug-likeness (QED) is 0.854. The largest absolute Gasteiger partial charge is 0.390 e. The van der Waals surface area contributed by atoms with Crippen molar-refractivity contribution in [2.45, 2.75) is 32.4 Å². The maximum atomic E-state index is 13.8. The first-order chi connectivity index (χ1) is 11.6. The summed E-state index contributed by atoms with van der Waals surface area (Å²) in [5, 5.41) is 14.0. The van der Waals surface area contributed by atoms with E-state index < -0.39 is 6.10 Å². The second-order valence-electron chi connectivity index (χ2n) is 6.87. The van der Waals surface area contributed by atoms with Crippen LogP contribution in [0.15, 0.2) is 30.5 Å². The summed E-state index contributed by atoms with van der Waals surface area (Å²) in [5.74, 6) is 0.553. The van der Waals surface area contributed by atoms with Crippen molar-refractivity contribution in [3.05, 3.63) is 41.8 Å². The maximum Gasteiger partial charge on any atom is 0.132 e. The number of nitrogens with one attached hydrogen (secondary N) is 1. The van der Waals surface area contributed by atoms with Crippen LogP contribution in [0.25, 0.3) is 10.9 Å². The monoisotopic (exact) mass is 331 g/mol. The Kier molecular flexibility index (Phi) is 5.76. The molecule has 0 amide bonds. The molecule has 3 rings (SSSR count). The maximum absolute atomic E-state index is 13.8. The summed E-state index contributed by atoms with van der Waals surface area (Å²) in [4.78, 5) is 6.62. The van der Waals surface area contributed by atoms with Gasteiger partial charge in [0.25, 0.3) is 0 Å². The van der Waals surface area contributed by atoms with Gasteiger partial charge in [-0.05, 0) is 55.6 Å². The molecule has 0 radical (unpaired) electrons. The fraction of sp³-hybridized carbons (Fsp3) is 0.526. The second-order valence-corrected chi connectivity index (χ2v) is 6.87. The third kappa shape index (κ3) is 4.29. The Morgan fingerprint density at radius 1 is 1.33 bits per heavy atom. The summed E-state index contributed by atoms with van der Waals surface area (Å²) in [7, 11) is 0. The van der Waals surface area contributed by atoms with Crippen molar-refractivity contribution in [2.75, 3.05) is 26.2 Å². The fourth-order valence-corrected chi connectivity index (χ4v) is 3.32. The van der Waals surface area contributed by atoms with Gasteiger partial charge in [-0.2, -0.15) is 0 Å². The minimum Gasteiger partial charge on any atom is -0.390 e. The molecule has 1 aliphatic rings. The number of rotatable bonds is 6. The summed E-state index contributed by atoms with van der Waals surface area (Å²) in [6, 6.07) is 6.72. The number of nitrogens with zero attached hydrogens (tertiary/aromatic N) is 2. The molecule has 1 aromatic heterocycles. The predicted molar refractivity (Wildman–Crippen MR) is 94.3 cm³/mol. The van der Waals surface area contributed by atoms with E-state index in [1.165, 1.54) is 18.9 Å². The molecule has 0 aliphatic carbocycles. The lowest BCUT2D eigenvalue weighted by Gasteiger charge is -2.31. The highest BCUT2D eigenvalue weighted by Crippen LogP contribution is 2.19. The van der Waals surface area contributed by atoms with Crippen LogP contribution in [-0.2, 0) is 6.54 Å². The molecule has 0 saturated carbocycles. The molecule has 1 aromatic carbocycles. The fourth-order valence-electron chi connectivity index (χ4n) is 3.32. The number of aliphatic hydroxyl groups excluding tert-OH is 1. The number of piperidine rings is 1. The standard InChI is InChI=1S/C19H26FN3O/c1-14-6-9-23(10-7-14)13-16(24)12-21-11-15-4-5-18(20)17-3-2-8-22-19(15)17/h2-5,8,14,16,21,24H,6-7,9-13H2,1H3. The van der Waals surface area contributed by atoms with Gasteiger partial charge >= 0.3 is 0 Å². The molecule has 0 bridgehead atoms. The van der Waals surface area contributed by atoms with E-state index in [-0.39, 0.29) is 5.82 Å². The van der Waals surface area contributed by atoms with E-state index in [4.69, 9.17) is 0 Å². The average molecular weight is 331 g/mol. The van der Waals surface area contributed by atoms with Crippen LogP contribution < -0.4 is 5.32 Å². The molecule has 2 heterocycles. The summed E-state index contributed by atoms with van der Waals surface area (Å²) in [5.41, 5.74) is 1.63. The SMILES string of the molecule is CC1CCN(CC(O)CNCc2ccc(F)c3cccnc23)CC1. The molecule has 1 aliphatic heterocycles. The smallest absolute Gasteiger partial charge is 0.132 e. The van der Waals surface area contributed by atoms with E-state index >= 15 is 0 Å². The molecule has 0 spiro atoms. The van der Waals surface area contributed by atoms with E-state index in [2.05, 4.69) is 22.1 Å². The van der Waals surface area contributed by atoms with Gasteiger partial charge in [-0.25, -0.2) is 4.39 Å². The van der Waals surface area contributed by atoms with Crippen molar-refractivity contribution < 1.29 is 9.50 Å². The zero-order chi connectivity index (χ0) is 16.9. The molecular formula is C19H26FN3O. The van der Waals surface area contributed by atoms with Crippen LogP contribution in [0.3, 0.4) is 0 Å². The lowest BCUT2D eigenvalue weighted by Crippen LogP contribution is -2.41. The van der Waals surface area contributed by atoms with Gasteiger partial charge in [0.05, 0.1) is 11.6 Å². The molecule has 5 heteroatoms. The minimum atomic E-state index is -0.391. The number of hydrogen-bond donors (Lipinski definition) is 2. The summed E-state index contributed by atoms with van der Waals surface area (Å²) >= 11 is 0. The van der Waals surface area contributed by atoms with Crippen LogP contribution >= 0.6 is 0 Å². The van der Waals surface area contributed by atoms with Crippen molar-refractivity contribution >= 4 is 10.9 Å². The predicted octanol–water partition coefficient (Wildman–Crippen LogP) is 2.56. The molecule has 130 valence electrons. The van der Waals surface area contributed by atoms with Gasteiger partial charge < -0.3 is 15.3 Å². The molecule has 1 unspecified atom stereocenters. The van der Waals surface area contributed by atoms with Gasteiger partial charge in [0, 0.05) is 31.2 Å². The Hall–Kier alpha value is -1.56. The van der Waals surface area contributed by atoms with Gasteiger partial charge in [-0.3, -0.25) is 4.98 Å². The highest BCUT2D eigenvalue weighted by Gasteiger charge is 2.18. The van der Waals surface area contributed by atoms with Crippen molar-refractivity contribution in [3.8, 4) is 0 Å². The Labute approximate surface area is 142 Å². The molecule has 1 fully saturated rings. The van der Waals surface area contributed by atoms with E-state index in [9.17, 15) is 9.50 Å². The molecule has 2 aromatic rings. The molecule has 1 atom stereocenters. The second kappa shape index (κ2) is 8.01. The Balaban J connectivity index is 1.50. The van der Waals surface area contributed by atoms with Crippen LogP contribution in [0.5, 0.6) is 0 Å². The van der Waals surface area contributed by atoms with Crippen LogP contribution in [0.4, 0.5) is 4.39 Å². The Morgan fingerprint density at radius 3 is 2.92 bits per heavy atom. The van der Waals surface area contributed by atoms with Crippen LogP contribution in [0.1, 0.15) is 25.3 Å². The van der Waals surface area contributed by atoms with Gasteiger partial charge in [0.1, 0.15) is 5.82 Å². The van der Waals surface area contributed by atoms with E-state index in [0.717, 1.165) is 24.6 Å². The number of halogens is 1. The van der Waals surface area contributed by atoms with E-state index in [1.807, 2.05) is 0 Å². The molecular weight excluding hydrogens is 305 g/mol. The van der Waals surface area contributed by atoms with Crippen molar-refractivity contribution in [1.29, 1.82) is 0 Å². The zero-order valence-electron chi connectivity index (χ0n) is 14.2. The normalized spacial score (nSPS) is 18.1. The van der Waals surface area contributed by atoms with Crippen molar-refractivity contribution in [1.82, 2.24) is 15.2 Å². The zero-order valence-corrected chi connectivity index (χ0v) is 14.2. The third-order valence-electron chi connectivity index (χ3n) is 4.84. The summed E-state index contributed by atoms with van der Waals surface area (Å²) < 4.78 is 13.8. The van der Waals surface area contributed by atoms with Crippen LogP contribution in [-0.4, -0.2) is 47.3 Å². The number of aliphatic hydroxyl groups is 1. The van der Waals surface area contributed by atoms with Crippen molar-refractivity contribution in [3.63, 3.8) is 0 Å². The number of aromatic nitrogens is 1. The van der Waals surface area contributed by atoms with Crippen molar-refractivity contribution in [2.24, 2.45) is 5.92 Å². The number of likely N-dealkylation sites (tertiary alicyclic amines) is 1. The van der Waals surface area contributed by atoms with E-state index in [0.29, 0.717) is 30.5 Å². The topological polar surface area (TPSA) is 48.4 Å². The Morgan fingerprint density at radius 2 is 2.12 bits per heavy atom. The number of fused-ring (bicyclic) bond motifs is 1. The highest BCUT2D eigenvalue weighted by atomic mass is 19.1. The highest BCUT2D eigenvalue weighted by molar-refractivity contribution is 5.82. The number of pyridine rings is 1. The van der Waals surface area contributed by atoms with Gasteiger partial charge in [0.15, 0.2) is 0 Å².